The van der Waals surface area contributed by atoms with Gasteiger partial charge in [0.05, 0.1) is 16.6 Å². The minimum atomic E-state index is -3.59. The summed E-state index contributed by atoms with van der Waals surface area (Å²) in [5.41, 5.74) is 1.75. The third-order valence-corrected chi connectivity index (χ3v) is 7.92. The van der Waals surface area contributed by atoms with Gasteiger partial charge in [-0.1, -0.05) is 19.9 Å². The van der Waals surface area contributed by atoms with Crippen molar-refractivity contribution < 1.29 is 22.7 Å². The van der Waals surface area contributed by atoms with Crippen molar-refractivity contribution >= 4 is 27.5 Å². The molecule has 2 amide bonds. The number of anilines is 1. The largest absolute Gasteiger partial charge is 0.482 e. The van der Waals surface area contributed by atoms with E-state index in [1.807, 2.05) is 13.0 Å². The van der Waals surface area contributed by atoms with Gasteiger partial charge in [-0.05, 0) is 67.1 Å². The van der Waals surface area contributed by atoms with Crippen molar-refractivity contribution in [2.75, 3.05) is 25.0 Å². The molecular formula is C24H29N3O5S. The van der Waals surface area contributed by atoms with Crippen molar-refractivity contribution in [3.8, 4) is 5.75 Å². The predicted molar refractivity (Wildman–Crippen MR) is 125 cm³/mol. The zero-order valence-electron chi connectivity index (χ0n) is 19.0. The lowest BCUT2D eigenvalue weighted by Gasteiger charge is -2.34. The van der Waals surface area contributed by atoms with Crippen molar-refractivity contribution in [2.45, 2.75) is 38.1 Å². The van der Waals surface area contributed by atoms with Gasteiger partial charge in [-0.25, -0.2) is 8.42 Å². The van der Waals surface area contributed by atoms with E-state index in [1.165, 1.54) is 24.3 Å². The van der Waals surface area contributed by atoms with Gasteiger partial charge in [-0.15, -0.1) is 0 Å². The summed E-state index contributed by atoms with van der Waals surface area (Å²) in [6.07, 6.45) is 1.02. The molecule has 2 heterocycles. The zero-order valence-corrected chi connectivity index (χ0v) is 19.8. The van der Waals surface area contributed by atoms with Crippen molar-refractivity contribution in [3.63, 3.8) is 0 Å². The first-order valence-corrected chi connectivity index (χ1v) is 12.5. The van der Waals surface area contributed by atoms with Crippen LogP contribution in [0.2, 0.25) is 0 Å². The summed E-state index contributed by atoms with van der Waals surface area (Å²) < 4.78 is 33.0. The van der Waals surface area contributed by atoms with Crippen LogP contribution in [0.15, 0.2) is 47.4 Å². The summed E-state index contributed by atoms with van der Waals surface area (Å²) in [7, 11) is -3.59. The van der Waals surface area contributed by atoms with E-state index in [-0.39, 0.29) is 29.4 Å². The smallest absolute Gasteiger partial charge is 0.262 e. The predicted octanol–water partition coefficient (Wildman–Crippen LogP) is 3.18. The van der Waals surface area contributed by atoms with Crippen LogP contribution in [0.1, 0.15) is 49.2 Å². The first-order valence-electron chi connectivity index (χ1n) is 11.1. The van der Waals surface area contributed by atoms with Gasteiger partial charge in [-0.3, -0.25) is 9.59 Å². The number of nitrogens with one attached hydrogen (secondary N) is 2. The highest BCUT2D eigenvalue weighted by Gasteiger charge is 2.31. The Bertz CT molecular complexity index is 1150. The van der Waals surface area contributed by atoms with Crippen molar-refractivity contribution in [3.05, 3.63) is 53.6 Å². The highest BCUT2D eigenvalue weighted by molar-refractivity contribution is 7.89. The van der Waals surface area contributed by atoms with Crippen molar-refractivity contribution in [1.29, 1.82) is 0 Å². The van der Waals surface area contributed by atoms with Crippen LogP contribution in [0, 0.1) is 11.8 Å². The fraction of sp³-hybridized carbons (Fsp3) is 0.417. The molecule has 8 nitrogen and oxygen atoms in total. The highest BCUT2D eigenvalue weighted by Crippen LogP contribution is 2.31. The summed E-state index contributed by atoms with van der Waals surface area (Å²) in [5.74, 6) is 0.688. The summed E-state index contributed by atoms with van der Waals surface area (Å²) in [5, 5.41) is 5.67. The summed E-state index contributed by atoms with van der Waals surface area (Å²) in [4.78, 5) is 24.5. The summed E-state index contributed by atoms with van der Waals surface area (Å²) in [6.45, 7) is 6.98. The normalized spacial score (nSPS) is 22.0. The maximum Gasteiger partial charge on any atom is 0.262 e. The molecule has 3 unspecified atom stereocenters. The molecule has 2 aliphatic heterocycles. The van der Waals surface area contributed by atoms with Crippen molar-refractivity contribution in [2.24, 2.45) is 11.8 Å². The molecular weight excluding hydrogens is 442 g/mol. The van der Waals surface area contributed by atoms with E-state index >= 15 is 0 Å². The Labute approximate surface area is 194 Å². The van der Waals surface area contributed by atoms with Crippen LogP contribution in [0.5, 0.6) is 5.75 Å². The van der Waals surface area contributed by atoms with E-state index < -0.39 is 10.0 Å². The maximum atomic E-state index is 13.0. The molecule has 2 aliphatic rings. The number of carbonyl (C=O) groups excluding carboxylic acids is 2. The third kappa shape index (κ3) is 5.04. The molecule has 0 saturated carbocycles. The molecule has 2 aromatic rings. The van der Waals surface area contributed by atoms with Gasteiger partial charge in [-0.2, -0.15) is 4.31 Å². The van der Waals surface area contributed by atoms with Gasteiger partial charge in [0.1, 0.15) is 5.75 Å². The van der Waals surface area contributed by atoms with Crippen LogP contribution < -0.4 is 15.4 Å². The standard InChI is InChI=1S/C24H29N3O5S/c1-15-10-16(2)13-27(12-15)33(30,31)20-7-4-18(5-8-20)24(29)25-17(3)19-6-9-22-21(11-19)26-23(28)14-32-22/h4-9,11,15-17H,10,12-14H2,1-3H3,(H,25,29)(H,26,28). The molecule has 1 saturated heterocycles. The second-order valence-electron chi connectivity index (χ2n) is 9.08. The molecule has 1 fully saturated rings. The lowest BCUT2D eigenvalue weighted by Crippen LogP contribution is -2.42. The number of hydrogen-bond donors (Lipinski definition) is 2. The first-order chi connectivity index (χ1) is 15.6. The fourth-order valence-corrected chi connectivity index (χ4v) is 6.14. The Morgan fingerprint density at radius 2 is 1.79 bits per heavy atom. The molecule has 0 aliphatic carbocycles. The minimum absolute atomic E-state index is 0.0137. The van der Waals surface area contributed by atoms with Crippen LogP contribution in [-0.4, -0.2) is 44.2 Å². The van der Waals surface area contributed by atoms with Crippen LogP contribution in [0.25, 0.3) is 0 Å². The van der Waals surface area contributed by atoms with Crippen LogP contribution in [0.4, 0.5) is 5.69 Å². The number of hydrogen-bond acceptors (Lipinski definition) is 5. The second kappa shape index (κ2) is 9.15. The van der Waals surface area contributed by atoms with E-state index in [0.29, 0.717) is 41.9 Å². The number of amides is 2. The Morgan fingerprint density at radius 1 is 1.12 bits per heavy atom. The van der Waals surface area contributed by atoms with E-state index in [4.69, 9.17) is 4.74 Å². The molecule has 0 radical (unpaired) electrons. The van der Waals surface area contributed by atoms with Crippen LogP contribution in [-0.2, 0) is 14.8 Å². The molecule has 2 N–H and O–H groups in total. The average molecular weight is 472 g/mol. The molecule has 2 aromatic carbocycles. The monoisotopic (exact) mass is 471 g/mol. The number of rotatable bonds is 5. The molecule has 33 heavy (non-hydrogen) atoms. The Kier molecular flexibility index (Phi) is 6.45. The molecule has 9 heteroatoms. The number of sulfonamides is 1. The maximum absolute atomic E-state index is 13.0. The van der Waals surface area contributed by atoms with Gasteiger partial charge >= 0.3 is 0 Å². The van der Waals surface area contributed by atoms with Crippen LogP contribution >= 0.6 is 0 Å². The number of nitrogens with zero attached hydrogens (tertiary/aromatic N) is 1. The lowest BCUT2D eigenvalue weighted by molar-refractivity contribution is -0.118. The Morgan fingerprint density at radius 3 is 2.45 bits per heavy atom. The number of benzene rings is 2. The first kappa shape index (κ1) is 23.3. The Hall–Kier alpha value is -2.91. The quantitative estimate of drug-likeness (QED) is 0.697. The topological polar surface area (TPSA) is 105 Å². The number of piperidine rings is 1. The lowest BCUT2D eigenvalue weighted by atomic mass is 9.94. The van der Waals surface area contributed by atoms with Gasteiger partial charge < -0.3 is 15.4 Å². The average Bonchev–Trinajstić information content (AvgIpc) is 2.78. The van der Waals surface area contributed by atoms with E-state index in [1.54, 1.807) is 16.4 Å². The van der Waals surface area contributed by atoms with Crippen LogP contribution in [0.3, 0.4) is 0 Å². The minimum Gasteiger partial charge on any atom is -0.482 e. The van der Waals surface area contributed by atoms with Gasteiger partial charge in [0.2, 0.25) is 10.0 Å². The zero-order chi connectivity index (χ0) is 23.8. The highest BCUT2D eigenvalue weighted by atomic mass is 32.2. The second-order valence-corrected chi connectivity index (χ2v) is 11.0. The van der Waals surface area contributed by atoms with Crippen molar-refractivity contribution in [1.82, 2.24) is 9.62 Å². The summed E-state index contributed by atoms with van der Waals surface area (Å²) >= 11 is 0. The summed E-state index contributed by atoms with van der Waals surface area (Å²) in [6, 6.07) is 11.1. The molecule has 3 atom stereocenters. The molecule has 0 spiro atoms. The number of carbonyl (C=O) groups is 2. The third-order valence-electron chi connectivity index (χ3n) is 6.07. The van der Waals surface area contributed by atoms with E-state index in [2.05, 4.69) is 24.5 Å². The van der Waals surface area contributed by atoms with Gasteiger partial charge in [0.15, 0.2) is 6.61 Å². The van der Waals surface area contributed by atoms with E-state index in [9.17, 15) is 18.0 Å². The fourth-order valence-electron chi connectivity index (χ4n) is 4.46. The molecule has 4 rings (SSSR count). The van der Waals surface area contributed by atoms with Gasteiger partial charge in [0, 0.05) is 18.7 Å². The SMILES string of the molecule is CC1CC(C)CN(S(=O)(=O)c2ccc(C(=O)NC(C)c3ccc4c(c3)NC(=O)CO4)cc2)C1. The Balaban J connectivity index is 1.44. The molecule has 0 bridgehead atoms. The molecule has 0 aromatic heterocycles. The van der Waals surface area contributed by atoms with Gasteiger partial charge in [0.25, 0.3) is 11.8 Å². The van der Waals surface area contributed by atoms with E-state index in [0.717, 1.165) is 12.0 Å². The molecule has 176 valence electrons. The number of ether oxygens (including phenoxy) is 1. The number of fused-ring (bicyclic) bond motifs is 1.